The Bertz CT molecular complexity index is 617. The van der Waals surface area contributed by atoms with E-state index in [1.807, 2.05) is 0 Å². The second-order valence-electron chi connectivity index (χ2n) is 6.41. The topological polar surface area (TPSA) is 81.7 Å². The Labute approximate surface area is 144 Å². The van der Waals surface area contributed by atoms with Crippen LogP contribution in [0, 0.1) is 0 Å². The Balaban J connectivity index is 2.51. The summed E-state index contributed by atoms with van der Waals surface area (Å²) < 4.78 is 37.4. The van der Waals surface area contributed by atoms with Crippen molar-refractivity contribution in [2.24, 2.45) is 0 Å². The molecule has 1 rings (SSSR count). The zero-order valence-corrected chi connectivity index (χ0v) is 15.6. The molecule has 0 fully saturated rings. The highest BCUT2D eigenvalue weighted by Crippen LogP contribution is 2.16. The van der Waals surface area contributed by atoms with E-state index in [-0.39, 0.29) is 17.9 Å². The predicted octanol–water partition coefficient (Wildman–Crippen LogP) is 2.88. The molecule has 0 aliphatic heterocycles. The highest BCUT2D eigenvalue weighted by atomic mass is 32.2. The van der Waals surface area contributed by atoms with Crippen molar-refractivity contribution in [3.8, 4) is 5.75 Å². The summed E-state index contributed by atoms with van der Waals surface area (Å²) in [5, 5.41) is 0. The molecule has 0 aliphatic carbocycles. The first kappa shape index (κ1) is 20.4. The highest BCUT2D eigenvalue weighted by Gasteiger charge is 2.18. The Morgan fingerprint density at radius 2 is 1.79 bits per heavy atom. The maximum atomic E-state index is 12.2. The Hall–Kier alpha value is -1.60. The van der Waals surface area contributed by atoms with Crippen LogP contribution in [0.25, 0.3) is 0 Å². The molecule has 0 unspecified atom stereocenters. The molecule has 0 saturated heterocycles. The molecule has 0 radical (unpaired) electrons. The van der Waals surface area contributed by atoms with E-state index in [9.17, 15) is 13.2 Å². The number of hydrogen-bond donors (Lipinski definition) is 1. The molecule has 1 aromatic carbocycles. The first-order valence-electron chi connectivity index (χ1n) is 8.08. The number of unbranched alkanes of at least 4 members (excludes halogenated alkanes) is 1. The van der Waals surface area contributed by atoms with Gasteiger partial charge in [0, 0.05) is 6.54 Å². The summed E-state index contributed by atoms with van der Waals surface area (Å²) in [6.45, 7) is 7.96. The van der Waals surface area contributed by atoms with Crippen LogP contribution in [0.15, 0.2) is 29.2 Å². The molecular weight excluding hydrogens is 330 g/mol. The van der Waals surface area contributed by atoms with Crippen LogP contribution in [0.2, 0.25) is 0 Å². The largest absolute Gasteiger partial charge is 0.494 e. The van der Waals surface area contributed by atoms with Crippen LogP contribution in [-0.4, -0.2) is 33.1 Å². The lowest BCUT2D eigenvalue weighted by Crippen LogP contribution is -2.29. The van der Waals surface area contributed by atoms with Crippen molar-refractivity contribution in [2.45, 2.75) is 57.5 Å². The van der Waals surface area contributed by atoms with Crippen molar-refractivity contribution in [3.63, 3.8) is 0 Å². The second kappa shape index (κ2) is 9.03. The minimum absolute atomic E-state index is 0.00794. The standard InChI is InChI=1S/C17H27NO5S/c1-5-6-13-22-14-7-9-15(10-8-14)24(20,21)18-12-11-16(19)23-17(2,3)4/h7-10,18H,5-6,11-13H2,1-4H3. The third-order valence-corrected chi connectivity index (χ3v) is 4.42. The third-order valence-electron chi connectivity index (χ3n) is 2.94. The van der Waals surface area contributed by atoms with Crippen LogP contribution in [0.5, 0.6) is 5.75 Å². The van der Waals surface area contributed by atoms with E-state index in [1.165, 1.54) is 12.1 Å². The van der Waals surface area contributed by atoms with Gasteiger partial charge < -0.3 is 9.47 Å². The summed E-state index contributed by atoms with van der Waals surface area (Å²) in [6.07, 6.45) is 1.97. The van der Waals surface area contributed by atoms with E-state index in [4.69, 9.17) is 9.47 Å². The molecule has 0 amide bonds. The summed E-state index contributed by atoms with van der Waals surface area (Å²) in [6, 6.07) is 6.21. The SMILES string of the molecule is CCCCOc1ccc(S(=O)(=O)NCCC(=O)OC(C)(C)C)cc1. The molecule has 0 aliphatic rings. The molecule has 6 nitrogen and oxygen atoms in total. The molecular formula is C17H27NO5S. The van der Waals surface area contributed by atoms with Gasteiger partial charge in [-0.3, -0.25) is 4.79 Å². The van der Waals surface area contributed by atoms with Crippen LogP contribution in [0.1, 0.15) is 47.0 Å². The highest BCUT2D eigenvalue weighted by molar-refractivity contribution is 7.89. The Morgan fingerprint density at radius 1 is 1.17 bits per heavy atom. The number of esters is 1. The quantitative estimate of drug-likeness (QED) is 0.543. The molecule has 0 bridgehead atoms. The van der Waals surface area contributed by atoms with Gasteiger partial charge in [0.1, 0.15) is 11.4 Å². The minimum atomic E-state index is -3.65. The molecule has 0 saturated carbocycles. The maximum absolute atomic E-state index is 12.2. The van der Waals surface area contributed by atoms with Gasteiger partial charge >= 0.3 is 5.97 Å². The molecule has 1 aromatic rings. The summed E-state index contributed by atoms with van der Waals surface area (Å²) in [5.74, 6) is 0.195. The number of benzene rings is 1. The monoisotopic (exact) mass is 357 g/mol. The molecule has 0 heterocycles. The smallest absolute Gasteiger partial charge is 0.307 e. The van der Waals surface area contributed by atoms with E-state index in [1.54, 1.807) is 32.9 Å². The molecule has 0 atom stereocenters. The molecule has 136 valence electrons. The fraction of sp³-hybridized carbons (Fsp3) is 0.588. The number of ether oxygens (including phenoxy) is 2. The van der Waals surface area contributed by atoms with Gasteiger partial charge in [-0.1, -0.05) is 13.3 Å². The first-order valence-corrected chi connectivity index (χ1v) is 9.57. The molecule has 7 heteroatoms. The number of carbonyl (C=O) groups is 1. The van der Waals surface area contributed by atoms with Gasteiger partial charge in [-0.2, -0.15) is 0 Å². The Morgan fingerprint density at radius 3 is 2.33 bits per heavy atom. The molecule has 24 heavy (non-hydrogen) atoms. The van der Waals surface area contributed by atoms with Crippen LogP contribution in [0.4, 0.5) is 0 Å². The van der Waals surface area contributed by atoms with E-state index >= 15 is 0 Å². The lowest BCUT2D eigenvalue weighted by Gasteiger charge is -2.19. The second-order valence-corrected chi connectivity index (χ2v) is 8.17. The zero-order chi connectivity index (χ0) is 18.2. The van der Waals surface area contributed by atoms with Gasteiger partial charge in [0.15, 0.2) is 0 Å². The van der Waals surface area contributed by atoms with Gasteiger partial charge in [0.25, 0.3) is 0 Å². The van der Waals surface area contributed by atoms with Crippen molar-refractivity contribution in [3.05, 3.63) is 24.3 Å². The number of carbonyl (C=O) groups excluding carboxylic acids is 1. The van der Waals surface area contributed by atoms with Gasteiger partial charge in [-0.05, 0) is 51.5 Å². The number of hydrogen-bond acceptors (Lipinski definition) is 5. The molecule has 0 spiro atoms. The minimum Gasteiger partial charge on any atom is -0.494 e. The van der Waals surface area contributed by atoms with E-state index in [0.717, 1.165) is 12.8 Å². The number of rotatable bonds is 9. The van der Waals surface area contributed by atoms with Crippen LogP contribution >= 0.6 is 0 Å². The van der Waals surface area contributed by atoms with Crippen LogP contribution in [-0.2, 0) is 19.6 Å². The third kappa shape index (κ3) is 7.79. The van der Waals surface area contributed by atoms with Crippen molar-refractivity contribution >= 4 is 16.0 Å². The predicted molar refractivity (Wildman–Crippen MR) is 92.5 cm³/mol. The van der Waals surface area contributed by atoms with Gasteiger partial charge in [0.05, 0.1) is 17.9 Å². The normalized spacial score (nSPS) is 12.0. The van der Waals surface area contributed by atoms with E-state index < -0.39 is 21.6 Å². The first-order chi connectivity index (χ1) is 11.1. The van der Waals surface area contributed by atoms with Crippen LogP contribution < -0.4 is 9.46 Å². The van der Waals surface area contributed by atoms with E-state index in [0.29, 0.717) is 12.4 Å². The van der Waals surface area contributed by atoms with Crippen molar-refractivity contribution in [1.29, 1.82) is 0 Å². The lowest BCUT2D eigenvalue weighted by atomic mass is 10.2. The van der Waals surface area contributed by atoms with Gasteiger partial charge in [0.2, 0.25) is 10.0 Å². The fourth-order valence-corrected chi connectivity index (χ4v) is 2.84. The summed E-state index contributed by atoms with van der Waals surface area (Å²) in [4.78, 5) is 11.7. The summed E-state index contributed by atoms with van der Waals surface area (Å²) >= 11 is 0. The lowest BCUT2D eigenvalue weighted by molar-refractivity contribution is -0.154. The molecule has 0 aromatic heterocycles. The van der Waals surface area contributed by atoms with Crippen molar-refractivity contribution < 1.29 is 22.7 Å². The summed E-state index contributed by atoms with van der Waals surface area (Å²) in [7, 11) is -3.65. The van der Waals surface area contributed by atoms with Crippen molar-refractivity contribution in [2.75, 3.05) is 13.2 Å². The van der Waals surface area contributed by atoms with Gasteiger partial charge in [-0.25, -0.2) is 13.1 Å². The molecule has 1 N–H and O–H groups in total. The fourth-order valence-electron chi connectivity index (χ4n) is 1.81. The average molecular weight is 357 g/mol. The van der Waals surface area contributed by atoms with Gasteiger partial charge in [-0.15, -0.1) is 0 Å². The average Bonchev–Trinajstić information content (AvgIpc) is 2.46. The maximum Gasteiger partial charge on any atom is 0.307 e. The van der Waals surface area contributed by atoms with Crippen LogP contribution in [0.3, 0.4) is 0 Å². The van der Waals surface area contributed by atoms with E-state index in [2.05, 4.69) is 11.6 Å². The number of nitrogens with one attached hydrogen (secondary N) is 1. The number of sulfonamides is 1. The Kier molecular flexibility index (Phi) is 7.69. The zero-order valence-electron chi connectivity index (χ0n) is 14.8. The van der Waals surface area contributed by atoms with Crippen molar-refractivity contribution in [1.82, 2.24) is 4.72 Å². The summed E-state index contributed by atoms with van der Waals surface area (Å²) in [5.41, 5.74) is -0.580.